The van der Waals surface area contributed by atoms with Gasteiger partial charge in [-0.25, -0.2) is 0 Å². The molecule has 0 saturated heterocycles. The summed E-state index contributed by atoms with van der Waals surface area (Å²) < 4.78 is 0. The second kappa shape index (κ2) is 6.19. The Morgan fingerprint density at radius 3 is 2.30 bits per heavy atom. The van der Waals surface area contributed by atoms with Crippen LogP contribution in [0.3, 0.4) is 0 Å². The zero-order chi connectivity index (χ0) is 16.6. The number of amides is 1. The third kappa shape index (κ3) is 2.78. The first-order chi connectivity index (χ1) is 11.0. The molecule has 1 aromatic carbocycles. The number of carbonyl (C=O) groups excluding carboxylic acids is 2. The summed E-state index contributed by atoms with van der Waals surface area (Å²) in [6.45, 7) is 3.42. The fourth-order valence-corrected chi connectivity index (χ4v) is 3.79. The van der Waals surface area contributed by atoms with Crippen molar-refractivity contribution in [2.75, 3.05) is 0 Å². The molecule has 3 rings (SSSR count). The molecule has 0 spiro atoms. The normalized spacial score (nSPS) is 22.8. The molecule has 1 aromatic rings. The van der Waals surface area contributed by atoms with Crippen molar-refractivity contribution < 1.29 is 14.7 Å². The van der Waals surface area contributed by atoms with Gasteiger partial charge in [0.15, 0.2) is 11.5 Å². The summed E-state index contributed by atoms with van der Waals surface area (Å²) >= 11 is 0. The molecule has 1 atom stereocenters. The second-order valence-corrected chi connectivity index (χ2v) is 6.64. The Morgan fingerprint density at radius 2 is 1.74 bits per heavy atom. The molecule has 1 heterocycles. The fraction of sp³-hybridized carbons (Fsp3) is 0.474. The summed E-state index contributed by atoms with van der Waals surface area (Å²) in [6, 6.07) is 7.50. The number of aliphatic hydroxyl groups excluding tert-OH is 1. The largest absolute Gasteiger partial charge is 0.503 e. The molecule has 4 nitrogen and oxygen atoms in total. The van der Waals surface area contributed by atoms with E-state index in [0.717, 1.165) is 36.8 Å². The number of hydrogen-bond donors (Lipinski definition) is 1. The van der Waals surface area contributed by atoms with Gasteiger partial charge in [0.05, 0.1) is 11.6 Å². The van der Waals surface area contributed by atoms with E-state index in [1.54, 1.807) is 4.90 Å². The molecule has 1 unspecified atom stereocenters. The summed E-state index contributed by atoms with van der Waals surface area (Å²) in [6.07, 6.45) is 5.24. The van der Waals surface area contributed by atoms with Crippen LogP contribution in [-0.2, 0) is 9.59 Å². The molecule has 0 bridgehead atoms. The number of ketones is 1. The molecule has 4 heteroatoms. The topological polar surface area (TPSA) is 57.6 Å². The summed E-state index contributed by atoms with van der Waals surface area (Å²) in [7, 11) is 0. The standard InChI is InChI=1S/C19H23NO3/c1-12-8-10-14(11-9-12)17-16(13(2)21)18(22)19(23)20(17)15-6-4-3-5-7-15/h8-11,15,17,22H,3-7H2,1-2H3. The third-order valence-corrected chi connectivity index (χ3v) is 4.98. The number of rotatable bonds is 3. The second-order valence-electron chi connectivity index (χ2n) is 6.64. The zero-order valence-corrected chi connectivity index (χ0v) is 13.7. The maximum Gasteiger partial charge on any atom is 0.290 e. The van der Waals surface area contributed by atoms with E-state index in [2.05, 4.69) is 0 Å². The zero-order valence-electron chi connectivity index (χ0n) is 13.7. The van der Waals surface area contributed by atoms with E-state index < -0.39 is 11.9 Å². The Balaban J connectivity index is 2.05. The smallest absolute Gasteiger partial charge is 0.290 e. The molecular weight excluding hydrogens is 290 g/mol. The Bertz CT molecular complexity index is 654. The molecule has 23 heavy (non-hydrogen) atoms. The first kappa shape index (κ1) is 15.8. The molecule has 122 valence electrons. The van der Waals surface area contributed by atoms with E-state index in [-0.39, 0.29) is 23.2 Å². The number of aliphatic hydroxyl groups is 1. The molecule has 1 saturated carbocycles. The van der Waals surface area contributed by atoms with Crippen molar-refractivity contribution in [2.45, 2.75) is 58.0 Å². The van der Waals surface area contributed by atoms with E-state index in [1.807, 2.05) is 31.2 Å². The lowest BCUT2D eigenvalue weighted by molar-refractivity contribution is -0.132. The van der Waals surface area contributed by atoms with E-state index >= 15 is 0 Å². The summed E-state index contributed by atoms with van der Waals surface area (Å²) in [5.74, 6) is -0.999. The fourth-order valence-electron chi connectivity index (χ4n) is 3.79. The van der Waals surface area contributed by atoms with Crippen LogP contribution in [-0.4, -0.2) is 27.7 Å². The predicted molar refractivity (Wildman–Crippen MR) is 88.0 cm³/mol. The van der Waals surface area contributed by atoms with Gasteiger partial charge in [-0.3, -0.25) is 9.59 Å². The number of benzene rings is 1. The van der Waals surface area contributed by atoms with Gasteiger partial charge in [0, 0.05) is 6.04 Å². The van der Waals surface area contributed by atoms with Crippen molar-refractivity contribution in [2.24, 2.45) is 0 Å². The maximum atomic E-state index is 12.6. The Morgan fingerprint density at radius 1 is 1.13 bits per heavy atom. The maximum absolute atomic E-state index is 12.6. The number of aryl methyl sites for hydroxylation is 1. The lowest BCUT2D eigenvalue weighted by Gasteiger charge is -2.36. The van der Waals surface area contributed by atoms with E-state index in [0.29, 0.717) is 0 Å². The first-order valence-electron chi connectivity index (χ1n) is 8.34. The van der Waals surface area contributed by atoms with Crippen molar-refractivity contribution >= 4 is 11.7 Å². The number of carbonyl (C=O) groups is 2. The highest BCUT2D eigenvalue weighted by Gasteiger charge is 2.45. The van der Waals surface area contributed by atoms with Crippen molar-refractivity contribution in [3.05, 3.63) is 46.7 Å². The summed E-state index contributed by atoms with van der Waals surface area (Å²) in [5.41, 5.74) is 2.26. The minimum atomic E-state index is -0.455. The van der Waals surface area contributed by atoms with Gasteiger partial charge in [0.1, 0.15) is 0 Å². The van der Waals surface area contributed by atoms with Gasteiger partial charge in [-0.05, 0) is 32.3 Å². The SMILES string of the molecule is CC(=O)C1=C(O)C(=O)N(C2CCCCC2)C1c1ccc(C)cc1. The first-order valence-corrected chi connectivity index (χ1v) is 8.34. The molecule has 1 fully saturated rings. The highest BCUT2D eigenvalue weighted by Crippen LogP contribution is 2.41. The van der Waals surface area contributed by atoms with E-state index in [9.17, 15) is 14.7 Å². The summed E-state index contributed by atoms with van der Waals surface area (Å²) in [4.78, 5) is 26.5. The van der Waals surface area contributed by atoms with Crippen LogP contribution in [0.1, 0.15) is 56.2 Å². The van der Waals surface area contributed by atoms with Gasteiger partial charge < -0.3 is 10.0 Å². The highest BCUT2D eigenvalue weighted by molar-refractivity contribution is 6.08. The number of nitrogens with zero attached hydrogens (tertiary/aromatic N) is 1. The Kier molecular flexibility index (Phi) is 4.24. The molecular formula is C19H23NO3. The Hall–Kier alpha value is -2.10. The lowest BCUT2D eigenvalue weighted by Crippen LogP contribution is -2.41. The minimum absolute atomic E-state index is 0.0987. The van der Waals surface area contributed by atoms with E-state index in [1.165, 1.54) is 13.3 Å². The predicted octanol–water partition coefficient (Wildman–Crippen LogP) is 3.61. The van der Waals surface area contributed by atoms with Crippen LogP contribution in [0.25, 0.3) is 0 Å². The van der Waals surface area contributed by atoms with Gasteiger partial charge in [-0.15, -0.1) is 0 Å². The monoisotopic (exact) mass is 313 g/mol. The van der Waals surface area contributed by atoms with Crippen molar-refractivity contribution in [1.82, 2.24) is 4.90 Å². The minimum Gasteiger partial charge on any atom is -0.503 e. The molecule has 2 aliphatic rings. The van der Waals surface area contributed by atoms with Crippen LogP contribution >= 0.6 is 0 Å². The Labute approximate surface area is 136 Å². The van der Waals surface area contributed by atoms with Crippen LogP contribution in [0.2, 0.25) is 0 Å². The van der Waals surface area contributed by atoms with Crippen molar-refractivity contribution in [3.63, 3.8) is 0 Å². The van der Waals surface area contributed by atoms with E-state index in [4.69, 9.17) is 0 Å². The van der Waals surface area contributed by atoms with Crippen molar-refractivity contribution in [3.8, 4) is 0 Å². The van der Waals surface area contributed by atoms with Crippen LogP contribution in [0, 0.1) is 6.92 Å². The van der Waals surface area contributed by atoms with Gasteiger partial charge in [-0.1, -0.05) is 49.1 Å². The van der Waals surface area contributed by atoms with Crippen LogP contribution in [0.5, 0.6) is 0 Å². The molecule has 1 aliphatic heterocycles. The molecule has 0 radical (unpaired) electrons. The van der Waals surface area contributed by atoms with Crippen LogP contribution < -0.4 is 0 Å². The average molecular weight is 313 g/mol. The molecule has 1 N–H and O–H groups in total. The lowest BCUT2D eigenvalue weighted by atomic mass is 9.90. The quantitative estimate of drug-likeness (QED) is 0.927. The van der Waals surface area contributed by atoms with Crippen LogP contribution in [0.15, 0.2) is 35.6 Å². The number of hydrogen-bond acceptors (Lipinski definition) is 3. The van der Waals surface area contributed by atoms with Crippen molar-refractivity contribution in [1.29, 1.82) is 0 Å². The van der Waals surface area contributed by atoms with Gasteiger partial charge in [0.25, 0.3) is 5.91 Å². The molecule has 1 aliphatic carbocycles. The molecule has 0 aromatic heterocycles. The average Bonchev–Trinajstić information content (AvgIpc) is 2.81. The third-order valence-electron chi connectivity index (χ3n) is 4.98. The highest BCUT2D eigenvalue weighted by atomic mass is 16.3. The van der Waals surface area contributed by atoms with Gasteiger partial charge in [-0.2, -0.15) is 0 Å². The summed E-state index contributed by atoms with van der Waals surface area (Å²) in [5, 5.41) is 10.3. The van der Waals surface area contributed by atoms with Gasteiger partial charge in [0.2, 0.25) is 0 Å². The van der Waals surface area contributed by atoms with Crippen LogP contribution in [0.4, 0.5) is 0 Å². The molecule has 1 amide bonds. The number of Topliss-reactive ketones (excluding diaryl/α,β-unsaturated/α-hetero) is 1. The van der Waals surface area contributed by atoms with Gasteiger partial charge >= 0.3 is 0 Å².